The zero-order chi connectivity index (χ0) is 49.1. The Labute approximate surface area is 371 Å². The number of benzene rings is 2. The largest absolute Gasteiger partial charge is 0.481 e. The molecule has 65 heavy (non-hydrogen) atoms. The van der Waals surface area contributed by atoms with Crippen LogP contribution < -0.4 is 37.2 Å². The minimum absolute atomic E-state index is 0.0192. The molecule has 0 radical (unpaired) electrons. The molecule has 8 atom stereocenters. The topological polar surface area (TPSA) is 379 Å². The maximum Gasteiger partial charge on any atom is 0.326 e. The number of non-ortho nitro benzene ring substituents is 1. The van der Waals surface area contributed by atoms with Crippen molar-refractivity contribution in [2.45, 2.75) is 115 Å². The van der Waals surface area contributed by atoms with Crippen LogP contribution in [0.5, 0.6) is 0 Å². The molecule has 354 valence electrons. The number of amides is 7. The van der Waals surface area contributed by atoms with E-state index in [2.05, 4.69) is 37.2 Å². The molecule has 2 rings (SSSR count). The lowest BCUT2D eigenvalue weighted by atomic mass is 10.0. The first-order valence-electron chi connectivity index (χ1n) is 20.1. The van der Waals surface area contributed by atoms with Crippen molar-refractivity contribution in [2.24, 2.45) is 5.92 Å². The van der Waals surface area contributed by atoms with Crippen molar-refractivity contribution < 1.29 is 73.3 Å². The van der Waals surface area contributed by atoms with Gasteiger partial charge in [0.15, 0.2) is 0 Å². The second-order valence-electron chi connectivity index (χ2n) is 15.4. The number of aliphatic carboxylic acids is 3. The zero-order valence-electron chi connectivity index (χ0n) is 36.1. The molecular formula is C41H54N8O16. The standard InChI is InChI=1S/C41H54N8O16/c1-20(2)15-27(46-40(61)34(22(4)50)48-39(60)28(43-23(5)51)16-24-9-7-6-8-10-24)37(58)45-29(18-32(52)53)36(57)42-21(3)35(56)44-30(19-33(54)55)38(59)47-31(41(62)63)17-25-11-13-26(14-12-25)49(64)65/h6-14,20-22,27-31,34,50H,15-19H2,1-5H3,(H,42,57)(H,43,51)(H,44,56)(H,45,58)(H,46,61)(H,47,59)(H,48,60)(H,52,53)(H,54,55)(H,62,63)/t21-,22-,27-,28-,29-,30-,31-,34-/m0/s1. The molecule has 0 spiro atoms. The SMILES string of the molecule is CC(=O)N[C@@H](Cc1ccccc1)C(=O)N[C@H](C(=O)N[C@@H](CC(C)C)C(=O)N[C@@H](CC(=O)O)C(=O)N[C@@H](C)C(=O)N[C@@H](CC(=O)O)C(=O)N[C@@H](Cc1ccc([N+](=O)[O-])cc1)C(=O)O)[C@H](C)O. The Morgan fingerprint density at radius 2 is 1.00 bits per heavy atom. The van der Waals surface area contributed by atoms with Crippen LogP contribution in [0.4, 0.5) is 5.69 Å². The Kier molecular flexibility index (Phi) is 21.1. The summed E-state index contributed by atoms with van der Waals surface area (Å²) >= 11 is 0. The zero-order valence-corrected chi connectivity index (χ0v) is 36.1. The van der Waals surface area contributed by atoms with E-state index >= 15 is 0 Å². The van der Waals surface area contributed by atoms with Gasteiger partial charge in [0.2, 0.25) is 41.4 Å². The van der Waals surface area contributed by atoms with Gasteiger partial charge in [-0.2, -0.15) is 0 Å². The molecule has 0 saturated carbocycles. The number of hydrogen-bond acceptors (Lipinski definition) is 13. The van der Waals surface area contributed by atoms with Gasteiger partial charge in [0.25, 0.3) is 5.69 Å². The molecular weight excluding hydrogens is 860 g/mol. The fourth-order valence-electron chi connectivity index (χ4n) is 6.11. The molecule has 0 fully saturated rings. The van der Waals surface area contributed by atoms with Gasteiger partial charge < -0.3 is 57.6 Å². The van der Waals surface area contributed by atoms with Gasteiger partial charge >= 0.3 is 17.9 Å². The average molecular weight is 915 g/mol. The summed E-state index contributed by atoms with van der Waals surface area (Å²) in [5, 5.41) is 66.1. The van der Waals surface area contributed by atoms with Crippen LogP contribution in [0.1, 0.15) is 65.0 Å². The monoisotopic (exact) mass is 914 g/mol. The molecule has 0 heterocycles. The van der Waals surface area contributed by atoms with Crippen LogP contribution in [-0.2, 0) is 60.8 Å². The first kappa shape index (κ1) is 53.6. The van der Waals surface area contributed by atoms with E-state index in [1.807, 2.05) is 0 Å². The van der Waals surface area contributed by atoms with Crippen molar-refractivity contribution in [1.29, 1.82) is 0 Å². The van der Waals surface area contributed by atoms with Crippen LogP contribution in [0.25, 0.3) is 0 Å². The van der Waals surface area contributed by atoms with Gasteiger partial charge in [-0.05, 0) is 37.3 Å². The van der Waals surface area contributed by atoms with Gasteiger partial charge in [-0.3, -0.25) is 53.3 Å². The maximum atomic E-state index is 13.6. The Bertz CT molecular complexity index is 2060. The van der Waals surface area contributed by atoms with Gasteiger partial charge in [-0.25, -0.2) is 4.79 Å². The summed E-state index contributed by atoms with van der Waals surface area (Å²) in [6.07, 6.45) is -4.15. The molecule has 2 aromatic carbocycles. The third-order valence-corrected chi connectivity index (χ3v) is 9.36. The van der Waals surface area contributed by atoms with Crippen LogP contribution in [-0.4, -0.2) is 133 Å². The number of nitrogens with one attached hydrogen (secondary N) is 7. The second-order valence-corrected chi connectivity index (χ2v) is 15.4. The smallest absolute Gasteiger partial charge is 0.326 e. The lowest BCUT2D eigenvalue weighted by Crippen LogP contribution is -2.61. The van der Waals surface area contributed by atoms with E-state index in [9.17, 15) is 78.5 Å². The molecule has 0 unspecified atom stereocenters. The van der Waals surface area contributed by atoms with Crippen molar-refractivity contribution in [3.63, 3.8) is 0 Å². The molecule has 0 saturated heterocycles. The molecule has 2 aromatic rings. The number of carbonyl (C=O) groups excluding carboxylic acids is 7. The van der Waals surface area contributed by atoms with Crippen molar-refractivity contribution >= 4 is 64.9 Å². The summed E-state index contributed by atoms with van der Waals surface area (Å²) in [6.45, 7) is 6.78. The Balaban J connectivity index is 2.22. The van der Waals surface area contributed by atoms with Crippen LogP contribution in [0.3, 0.4) is 0 Å². The number of nitro benzene ring substituents is 1. The number of carboxylic acid groups (broad SMARTS) is 3. The number of nitrogens with zero attached hydrogens (tertiary/aromatic N) is 1. The molecule has 24 nitrogen and oxygen atoms in total. The highest BCUT2D eigenvalue weighted by molar-refractivity contribution is 5.98. The molecule has 24 heteroatoms. The third kappa shape index (κ3) is 18.8. The van der Waals surface area contributed by atoms with Crippen LogP contribution in [0, 0.1) is 16.0 Å². The van der Waals surface area contributed by atoms with Crippen LogP contribution in [0.2, 0.25) is 0 Å². The lowest BCUT2D eigenvalue weighted by molar-refractivity contribution is -0.384. The number of carboxylic acids is 3. The van der Waals surface area contributed by atoms with Crippen molar-refractivity contribution in [3.05, 3.63) is 75.8 Å². The highest BCUT2D eigenvalue weighted by Gasteiger charge is 2.36. The van der Waals surface area contributed by atoms with Gasteiger partial charge in [0.05, 0.1) is 23.9 Å². The van der Waals surface area contributed by atoms with Crippen molar-refractivity contribution in [1.82, 2.24) is 37.2 Å². The molecule has 0 bridgehead atoms. The van der Waals surface area contributed by atoms with Gasteiger partial charge in [0, 0.05) is 31.9 Å². The number of aliphatic hydroxyl groups excluding tert-OH is 1. The lowest BCUT2D eigenvalue weighted by Gasteiger charge is -2.28. The van der Waals surface area contributed by atoms with Crippen LogP contribution >= 0.6 is 0 Å². The Hall–Kier alpha value is -7.50. The number of carbonyl (C=O) groups is 10. The number of aliphatic hydroxyl groups is 1. The van der Waals surface area contributed by atoms with Gasteiger partial charge in [0.1, 0.15) is 42.3 Å². The summed E-state index contributed by atoms with van der Waals surface area (Å²) < 4.78 is 0. The quantitative estimate of drug-likeness (QED) is 0.0369. The van der Waals surface area contributed by atoms with E-state index in [0.29, 0.717) is 5.56 Å². The first-order chi connectivity index (χ1) is 30.4. The Morgan fingerprint density at radius 3 is 1.48 bits per heavy atom. The normalized spacial score (nSPS) is 14.6. The highest BCUT2D eigenvalue weighted by Crippen LogP contribution is 2.14. The first-order valence-corrected chi connectivity index (χ1v) is 20.1. The van der Waals surface area contributed by atoms with E-state index < -0.39 is 132 Å². The summed E-state index contributed by atoms with van der Waals surface area (Å²) in [5.41, 5.74) is 0.630. The predicted octanol–water partition coefficient (Wildman–Crippen LogP) is -1.73. The summed E-state index contributed by atoms with van der Waals surface area (Å²) in [4.78, 5) is 138. The van der Waals surface area contributed by atoms with Gasteiger partial charge in [-0.1, -0.05) is 56.3 Å². The third-order valence-electron chi connectivity index (χ3n) is 9.36. The minimum Gasteiger partial charge on any atom is -0.481 e. The average Bonchev–Trinajstić information content (AvgIpc) is 3.20. The summed E-state index contributed by atoms with van der Waals surface area (Å²) in [6, 6.07) is 1.80. The summed E-state index contributed by atoms with van der Waals surface area (Å²) in [7, 11) is 0. The highest BCUT2D eigenvalue weighted by atomic mass is 16.6. The maximum absolute atomic E-state index is 13.6. The fourth-order valence-corrected chi connectivity index (χ4v) is 6.11. The number of rotatable bonds is 26. The van der Waals surface area contributed by atoms with Crippen molar-refractivity contribution in [3.8, 4) is 0 Å². The molecule has 0 aliphatic heterocycles. The molecule has 0 aliphatic rings. The summed E-state index contributed by atoms with van der Waals surface area (Å²) in [5.74, 6) is -12.3. The molecule has 7 amide bonds. The van der Waals surface area contributed by atoms with Crippen molar-refractivity contribution in [2.75, 3.05) is 0 Å². The van der Waals surface area contributed by atoms with Crippen LogP contribution in [0.15, 0.2) is 54.6 Å². The van der Waals surface area contributed by atoms with E-state index in [0.717, 1.165) is 19.1 Å². The number of nitro groups is 1. The van der Waals surface area contributed by atoms with Gasteiger partial charge in [-0.15, -0.1) is 0 Å². The number of hydrogen-bond donors (Lipinski definition) is 11. The van der Waals surface area contributed by atoms with E-state index in [4.69, 9.17) is 0 Å². The van der Waals surface area contributed by atoms with E-state index in [1.54, 1.807) is 44.2 Å². The second kappa shape index (κ2) is 25.6. The molecule has 11 N–H and O–H groups in total. The van der Waals surface area contributed by atoms with E-state index in [1.165, 1.54) is 26.0 Å². The Morgan fingerprint density at radius 1 is 0.554 bits per heavy atom. The molecule has 0 aromatic heterocycles. The fraction of sp³-hybridized carbons (Fsp3) is 0.463. The minimum atomic E-state index is -1.91. The molecule has 0 aliphatic carbocycles. The predicted molar refractivity (Wildman–Crippen MR) is 225 cm³/mol. The van der Waals surface area contributed by atoms with E-state index in [-0.39, 0.29) is 30.0 Å².